The zero-order valence-electron chi connectivity index (χ0n) is 12.4. The van der Waals surface area contributed by atoms with Gasteiger partial charge in [-0.2, -0.15) is 10.1 Å². The number of aliphatic hydroxyl groups excluding tert-OH is 1. The molecule has 2 unspecified atom stereocenters. The number of hydroxylamine groups is 2. The Morgan fingerprint density at radius 1 is 1.45 bits per heavy atom. The summed E-state index contributed by atoms with van der Waals surface area (Å²) in [6.45, 7) is 1.20. The molecular formula is C16H21N3O3. The van der Waals surface area contributed by atoms with Crippen molar-refractivity contribution >= 4 is 11.9 Å². The van der Waals surface area contributed by atoms with E-state index in [1.165, 1.54) is 6.08 Å². The van der Waals surface area contributed by atoms with Gasteiger partial charge in [-0.3, -0.25) is 10.2 Å². The fourth-order valence-electron chi connectivity index (χ4n) is 2.72. The largest absolute Gasteiger partial charge is 0.396 e. The van der Waals surface area contributed by atoms with Crippen molar-refractivity contribution in [1.82, 2.24) is 5.06 Å². The Morgan fingerprint density at radius 2 is 2.23 bits per heavy atom. The lowest BCUT2D eigenvalue weighted by atomic mass is 9.89. The molecule has 1 aromatic carbocycles. The maximum Gasteiger partial charge on any atom is 0.241 e. The van der Waals surface area contributed by atoms with E-state index in [0.29, 0.717) is 31.9 Å². The number of piperidine rings is 1. The highest BCUT2D eigenvalue weighted by atomic mass is 16.7. The number of rotatable bonds is 6. The Hall–Kier alpha value is -1.85. The van der Waals surface area contributed by atoms with Crippen LogP contribution in [0.1, 0.15) is 24.8 Å². The van der Waals surface area contributed by atoms with Crippen molar-refractivity contribution < 1.29 is 14.7 Å². The molecule has 0 saturated carbocycles. The van der Waals surface area contributed by atoms with Gasteiger partial charge in [-0.05, 0) is 30.7 Å². The lowest BCUT2D eigenvalue weighted by Gasteiger charge is -2.37. The molecule has 1 fully saturated rings. The molecule has 2 atom stereocenters. The molecule has 0 spiro atoms. The normalized spacial score (nSPS) is 22.0. The summed E-state index contributed by atoms with van der Waals surface area (Å²) in [5.41, 5.74) is 1.05. The fraction of sp³-hybridized carbons (Fsp3) is 0.500. The van der Waals surface area contributed by atoms with Gasteiger partial charge in [0, 0.05) is 13.2 Å². The van der Waals surface area contributed by atoms with E-state index in [9.17, 15) is 4.79 Å². The van der Waals surface area contributed by atoms with Crippen LogP contribution < -0.4 is 0 Å². The minimum Gasteiger partial charge on any atom is -0.396 e. The SMILES string of the molecule is N=C(N=C=O)C1CC(CCO)CCN1OCc1ccccc1. The van der Waals surface area contributed by atoms with Gasteiger partial charge in [0.05, 0.1) is 12.6 Å². The van der Waals surface area contributed by atoms with Crippen molar-refractivity contribution in [2.75, 3.05) is 13.2 Å². The number of hydrogen-bond donors (Lipinski definition) is 2. The molecule has 22 heavy (non-hydrogen) atoms. The van der Waals surface area contributed by atoms with Crippen LogP contribution >= 0.6 is 0 Å². The third kappa shape index (κ3) is 4.58. The molecule has 1 heterocycles. The van der Waals surface area contributed by atoms with E-state index < -0.39 is 0 Å². The Morgan fingerprint density at radius 3 is 2.91 bits per heavy atom. The van der Waals surface area contributed by atoms with Crippen LogP contribution in [0.5, 0.6) is 0 Å². The summed E-state index contributed by atoms with van der Waals surface area (Å²) in [5.74, 6) is 0.277. The number of benzene rings is 1. The van der Waals surface area contributed by atoms with Crippen LogP contribution in [0.3, 0.4) is 0 Å². The fourth-order valence-corrected chi connectivity index (χ4v) is 2.72. The molecule has 2 N–H and O–H groups in total. The number of amidine groups is 1. The Kier molecular flexibility index (Phi) is 6.43. The number of nitrogens with zero attached hydrogens (tertiary/aromatic N) is 2. The summed E-state index contributed by atoms with van der Waals surface area (Å²) >= 11 is 0. The van der Waals surface area contributed by atoms with E-state index in [2.05, 4.69) is 4.99 Å². The van der Waals surface area contributed by atoms with Gasteiger partial charge in [0.2, 0.25) is 6.08 Å². The second-order valence-corrected chi connectivity index (χ2v) is 5.41. The number of aliphatic imine (C=N–C) groups is 1. The summed E-state index contributed by atoms with van der Waals surface area (Å²) in [5, 5.41) is 18.7. The van der Waals surface area contributed by atoms with Crippen LogP contribution in [0, 0.1) is 11.3 Å². The lowest BCUT2D eigenvalue weighted by Crippen LogP contribution is -2.46. The zero-order valence-corrected chi connectivity index (χ0v) is 12.4. The maximum atomic E-state index is 10.4. The monoisotopic (exact) mass is 303 g/mol. The molecule has 0 radical (unpaired) electrons. The van der Waals surface area contributed by atoms with Gasteiger partial charge in [0.1, 0.15) is 0 Å². The third-order valence-electron chi connectivity index (χ3n) is 3.92. The first-order valence-corrected chi connectivity index (χ1v) is 7.45. The molecule has 6 heteroatoms. The smallest absolute Gasteiger partial charge is 0.241 e. The van der Waals surface area contributed by atoms with Crippen LogP contribution in [-0.2, 0) is 16.2 Å². The summed E-state index contributed by atoms with van der Waals surface area (Å²) < 4.78 is 0. The number of nitrogens with one attached hydrogen (secondary N) is 1. The van der Waals surface area contributed by atoms with Crippen LogP contribution in [0.15, 0.2) is 35.3 Å². The van der Waals surface area contributed by atoms with Crippen molar-refractivity contribution in [2.45, 2.75) is 31.9 Å². The molecule has 0 aliphatic carbocycles. The lowest BCUT2D eigenvalue weighted by molar-refractivity contribution is -0.199. The quantitative estimate of drug-likeness (QED) is 0.477. The van der Waals surface area contributed by atoms with Gasteiger partial charge >= 0.3 is 0 Å². The summed E-state index contributed by atoms with van der Waals surface area (Å²) in [6, 6.07) is 9.42. The summed E-state index contributed by atoms with van der Waals surface area (Å²) in [7, 11) is 0. The summed E-state index contributed by atoms with van der Waals surface area (Å²) in [6.07, 6.45) is 3.67. The first-order chi connectivity index (χ1) is 10.7. The summed E-state index contributed by atoms with van der Waals surface area (Å²) in [4.78, 5) is 19.7. The first kappa shape index (κ1) is 16.5. The minimum atomic E-state index is -0.365. The maximum absolute atomic E-state index is 10.4. The predicted octanol–water partition coefficient (Wildman–Crippen LogP) is 1.89. The standard InChI is InChI=1S/C16H21N3O3/c17-16(18-12-21)15-10-13(7-9-20)6-8-19(15)22-11-14-4-2-1-3-5-14/h1-5,13,15,17,20H,6-11H2. The molecule has 0 amide bonds. The van der Waals surface area contributed by atoms with E-state index in [1.54, 1.807) is 5.06 Å². The van der Waals surface area contributed by atoms with Crippen molar-refractivity contribution in [3.63, 3.8) is 0 Å². The van der Waals surface area contributed by atoms with Crippen LogP contribution in [0.4, 0.5) is 0 Å². The highest BCUT2D eigenvalue weighted by molar-refractivity contribution is 5.88. The molecule has 0 aromatic heterocycles. The van der Waals surface area contributed by atoms with E-state index in [1.807, 2.05) is 30.3 Å². The van der Waals surface area contributed by atoms with Crippen molar-refractivity contribution in [1.29, 1.82) is 5.41 Å². The van der Waals surface area contributed by atoms with Gasteiger partial charge in [-0.25, -0.2) is 4.79 Å². The number of carbonyl (C=O) groups excluding carboxylic acids is 1. The van der Waals surface area contributed by atoms with E-state index in [0.717, 1.165) is 12.0 Å². The van der Waals surface area contributed by atoms with Crippen LogP contribution in [0.2, 0.25) is 0 Å². The van der Waals surface area contributed by atoms with Crippen LogP contribution in [0.25, 0.3) is 0 Å². The van der Waals surface area contributed by atoms with Gasteiger partial charge in [-0.15, -0.1) is 0 Å². The van der Waals surface area contributed by atoms with Gasteiger partial charge in [-0.1, -0.05) is 30.3 Å². The second kappa shape index (κ2) is 8.56. The van der Waals surface area contributed by atoms with E-state index in [-0.39, 0.29) is 18.5 Å². The molecule has 0 bridgehead atoms. The molecule has 6 nitrogen and oxygen atoms in total. The Balaban J connectivity index is 2.00. The molecule has 118 valence electrons. The molecule has 1 saturated heterocycles. The molecule has 2 rings (SSSR count). The van der Waals surface area contributed by atoms with Gasteiger partial charge < -0.3 is 5.11 Å². The average Bonchev–Trinajstić information content (AvgIpc) is 2.55. The number of isocyanates is 1. The van der Waals surface area contributed by atoms with Crippen molar-refractivity contribution in [3.8, 4) is 0 Å². The highest BCUT2D eigenvalue weighted by Gasteiger charge is 2.32. The average molecular weight is 303 g/mol. The topological polar surface area (TPSA) is 86.0 Å². The Labute approximate surface area is 129 Å². The zero-order chi connectivity index (χ0) is 15.8. The van der Waals surface area contributed by atoms with Crippen molar-refractivity contribution in [2.24, 2.45) is 10.9 Å². The Bertz CT molecular complexity index is 529. The second-order valence-electron chi connectivity index (χ2n) is 5.41. The minimum absolute atomic E-state index is 0.0364. The third-order valence-corrected chi connectivity index (χ3v) is 3.92. The first-order valence-electron chi connectivity index (χ1n) is 7.45. The number of aliphatic hydroxyl groups is 1. The predicted molar refractivity (Wildman–Crippen MR) is 82.0 cm³/mol. The van der Waals surface area contributed by atoms with Crippen molar-refractivity contribution in [3.05, 3.63) is 35.9 Å². The molecule has 1 aliphatic rings. The number of hydrogen-bond acceptors (Lipinski definition) is 5. The van der Waals surface area contributed by atoms with Gasteiger partial charge in [0.25, 0.3) is 0 Å². The molecular weight excluding hydrogens is 282 g/mol. The van der Waals surface area contributed by atoms with Gasteiger partial charge in [0.15, 0.2) is 5.84 Å². The van der Waals surface area contributed by atoms with E-state index in [4.69, 9.17) is 15.4 Å². The highest BCUT2D eigenvalue weighted by Crippen LogP contribution is 2.27. The molecule has 1 aliphatic heterocycles. The van der Waals surface area contributed by atoms with E-state index >= 15 is 0 Å². The molecule has 1 aromatic rings. The van der Waals surface area contributed by atoms with Crippen LogP contribution in [-0.4, -0.2) is 41.3 Å².